The van der Waals surface area contributed by atoms with Crippen molar-refractivity contribution in [1.29, 1.82) is 0 Å². The summed E-state index contributed by atoms with van der Waals surface area (Å²) >= 11 is 0. The molecule has 0 saturated heterocycles. The predicted molar refractivity (Wildman–Crippen MR) is 92.8 cm³/mol. The van der Waals surface area contributed by atoms with Gasteiger partial charge in [0.25, 0.3) is 11.5 Å². The van der Waals surface area contributed by atoms with Gasteiger partial charge in [0.15, 0.2) is 9.84 Å². The third kappa shape index (κ3) is 3.26. The van der Waals surface area contributed by atoms with Gasteiger partial charge in [-0.2, -0.15) is 0 Å². The number of hydrogen-bond donors (Lipinski definition) is 2. The Morgan fingerprint density at radius 1 is 1.29 bits per heavy atom. The second-order valence-electron chi connectivity index (χ2n) is 6.25. The standard InChI is InChI=1S/C17H18N2O4S/c1-10(2)11-3-4-12-7-14(17(21)19-15(12)8-11)16(20)18-13-5-6-24(22,23)9-13/h3-8,10,13H,9H2,1-2H3,(H,18,20)(H,19,21)/t13-/m0/s1. The minimum Gasteiger partial charge on any atom is -0.345 e. The van der Waals surface area contributed by atoms with Gasteiger partial charge < -0.3 is 10.3 Å². The lowest BCUT2D eigenvalue weighted by molar-refractivity contribution is 0.0946. The maximum absolute atomic E-state index is 12.3. The second kappa shape index (κ2) is 5.90. The number of carbonyl (C=O) groups excluding carboxylic acids is 1. The average molecular weight is 346 g/mol. The molecular weight excluding hydrogens is 328 g/mol. The molecule has 0 saturated carbocycles. The van der Waals surface area contributed by atoms with Crippen molar-refractivity contribution >= 4 is 26.6 Å². The number of pyridine rings is 1. The molecule has 0 fully saturated rings. The normalized spacial score (nSPS) is 19.0. The van der Waals surface area contributed by atoms with Gasteiger partial charge in [0, 0.05) is 10.9 Å². The fraction of sp³-hybridized carbons (Fsp3) is 0.294. The molecular formula is C17H18N2O4S. The van der Waals surface area contributed by atoms with Crippen molar-refractivity contribution in [3.05, 3.63) is 57.2 Å². The third-order valence-corrected chi connectivity index (χ3v) is 5.42. The van der Waals surface area contributed by atoms with E-state index in [-0.39, 0.29) is 11.3 Å². The summed E-state index contributed by atoms with van der Waals surface area (Å²) in [6.07, 6.45) is 1.41. The number of sulfone groups is 1. The van der Waals surface area contributed by atoms with Crippen molar-refractivity contribution in [2.75, 3.05) is 5.75 Å². The maximum Gasteiger partial charge on any atom is 0.261 e. The number of rotatable bonds is 3. The van der Waals surface area contributed by atoms with Gasteiger partial charge >= 0.3 is 0 Å². The van der Waals surface area contributed by atoms with Crippen molar-refractivity contribution in [3.63, 3.8) is 0 Å². The highest BCUT2D eigenvalue weighted by Gasteiger charge is 2.24. The molecule has 7 heteroatoms. The fourth-order valence-corrected chi connectivity index (χ4v) is 3.89. The van der Waals surface area contributed by atoms with Crippen LogP contribution in [0.25, 0.3) is 10.9 Å². The summed E-state index contributed by atoms with van der Waals surface area (Å²) in [6, 6.07) is 6.63. The molecule has 0 bridgehead atoms. The van der Waals surface area contributed by atoms with E-state index in [2.05, 4.69) is 24.1 Å². The summed E-state index contributed by atoms with van der Waals surface area (Å²) < 4.78 is 22.8. The van der Waals surface area contributed by atoms with Gasteiger partial charge in [-0.25, -0.2) is 8.42 Å². The number of hydrogen-bond acceptors (Lipinski definition) is 4. The molecule has 1 aromatic carbocycles. The number of benzene rings is 1. The molecule has 3 rings (SSSR count). The van der Waals surface area contributed by atoms with Gasteiger partial charge in [0.05, 0.1) is 11.8 Å². The Hall–Kier alpha value is -2.41. The van der Waals surface area contributed by atoms with Crippen LogP contribution in [0.4, 0.5) is 0 Å². The topological polar surface area (TPSA) is 96.1 Å². The number of amides is 1. The van der Waals surface area contributed by atoms with Gasteiger partial charge in [0.1, 0.15) is 5.56 Å². The zero-order valence-corrected chi connectivity index (χ0v) is 14.2. The number of fused-ring (bicyclic) bond motifs is 1. The average Bonchev–Trinajstić information content (AvgIpc) is 2.84. The monoisotopic (exact) mass is 346 g/mol. The first kappa shape index (κ1) is 16.4. The molecule has 0 spiro atoms. The fourth-order valence-electron chi connectivity index (χ4n) is 2.66. The summed E-state index contributed by atoms with van der Waals surface area (Å²) in [5.74, 6) is -0.433. The zero-order valence-electron chi connectivity index (χ0n) is 13.4. The van der Waals surface area contributed by atoms with Crippen molar-refractivity contribution in [2.45, 2.75) is 25.8 Å². The first-order valence-corrected chi connectivity index (χ1v) is 9.35. The Bertz CT molecular complexity index is 1000. The van der Waals surface area contributed by atoms with Crippen LogP contribution in [0.5, 0.6) is 0 Å². The number of nitrogens with one attached hydrogen (secondary N) is 2. The summed E-state index contributed by atoms with van der Waals surface area (Å²) in [5, 5.41) is 4.39. The van der Waals surface area contributed by atoms with E-state index < -0.39 is 27.3 Å². The van der Waals surface area contributed by atoms with E-state index in [9.17, 15) is 18.0 Å². The molecule has 1 aromatic heterocycles. The summed E-state index contributed by atoms with van der Waals surface area (Å²) in [4.78, 5) is 27.2. The van der Waals surface area contributed by atoms with E-state index in [1.54, 1.807) is 0 Å². The summed E-state index contributed by atoms with van der Waals surface area (Å²) in [7, 11) is -3.26. The molecule has 24 heavy (non-hydrogen) atoms. The van der Waals surface area contributed by atoms with E-state index in [4.69, 9.17) is 0 Å². The second-order valence-corrected chi connectivity index (χ2v) is 8.18. The lowest BCUT2D eigenvalue weighted by Crippen LogP contribution is -2.38. The van der Waals surface area contributed by atoms with Gasteiger partial charge in [-0.3, -0.25) is 9.59 Å². The van der Waals surface area contributed by atoms with Gasteiger partial charge in [-0.15, -0.1) is 0 Å². The Morgan fingerprint density at radius 3 is 2.67 bits per heavy atom. The summed E-state index contributed by atoms with van der Waals surface area (Å²) in [6.45, 7) is 4.12. The molecule has 1 aliphatic rings. The molecule has 2 heterocycles. The van der Waals surface area contributed by atoms with E-state index in [0.717, 1.165) is 16.4 Å². The van der Waals surface area contributed by atoms with Crippen LogP contribution in [0.3, 0.4) is 0 Å². The predicted octanol–water partition coefficient (Wildman–Crippen LogP) is 1.69. The van der Waals surface area contributed by atoms with Gasteiger partial charge in [-0.1, -0.05) is 26.0 Å². The van der Waals surface area contributed by atoms with E-state index in [1.807, 2.05) is 18.2 Å². The van der Waals surface area contributed by atoms with Crippen molar-refractivity contribution in [1.82, 2.24) is 10.3 Å². The number of H-pyrrole nitrogens is 1. The first-order chi connectivity index (χ1) is 11.2. The Morgan fingerprint density at radius 2 is 2.04 bits per heavy atom. The minimum atomic E-state index is -3.26. The third-order valence-electron chi connectivity index (χ3n) is 4.03. The lowest BCUT2D eigenvalue weighted by Gasteiger charge is -2.11. The molecule has 1 aliphatic heterocycles. The van der Waals surface area contributed by atoms with Gasteiger partial charge in [0.2, 0.25) is 0 Å². The van der Waals surface area contributed by atoms with Gasteiger partial charge in [-0.05, 0) is 35.1 Å². The SMILES string of the molecule is CC(C)c1ccc2cc(C(=O)N[C@H]3C=CS(=O)(=O)C3)c(=O)[nH]c2c1. The highest BCUT2D eigenvalue weighted by atomic mass is 32.2. The number of aromatic amines is 1. The lowest BCUT2D eigenvalue weighted by atomic mass is 10.0. The van der Waals surface area contributed by atoms with Crippen molar-refractivity contribution < 1.29 is 13.2 Å². The first-order valence-electron chi connectivity index (χ1n) is 7.64. The Kier molecular flexibility index (Phi) is 4.04. The van der Waals surface area contributed by atoms with Crippen LogP contribution in [0.2, 0.25) is 0 Å². The number of carbonyl (C=O) groups is 1. The summed E-state index contributed by atoms with van der Waals surface area (Å²) in [5.41, 5.74) is 1.24. The van der Waals surface area contributed by atoms with Crippen LogP contribution in [0, 0.1) is 0 Å². The van der Waals surface area contributed by atoms with Crippen molar-refractivity contribution in [2.24, 2.45) is 0 Å². The molecule has 2 N–H and O–H groups in total. The molecule has 1 amide bonds. The molecule has 126 valence electrons. The number of aromatic nitrogens is 1. The van der Waals surface area contributed by atoms with E-state index in [1.165, 1.54) is 12.1 Å². The van der Waals surface area contributed by atoms with E-state index in [0.29, 0.717) is 11.4 Å². The Balaban J connectivity index is 1.91. The molecule has 0 radical (unpaired) electrons. The van der Waals surface area contributed by atoms with Crippen LogP contribution in [0.15, 0.2) is 40.5 Å². The molecule has 2 aromatic rings. The molecule has 0 aliphatic carbocycles. The van der Waals surface area contributed by atoms with Crippen LogP contribution in [-0.2, 0) is 9.84 Å². The Labute approximate surface area is 139 Å². The minimum absolute atomic E-state index is 0.0301. The highest BCUT2D eigenvalue weighted by molar-refractivity contribution is 7.94. The highest BCUT2D eigenvalue weighted by Crippen LogP contribution is 2.19. The molecule has 6 nitrogen and oxygen atoms in total. The van der Waals surface area contributed by atoms with E-state index >= 15 is 0 Å². The zero-order chi connectivity index (χ0) is 17.5. The maximum atomic E-state index is 12.3. The quantitative estimate of drug-likeness (QED) is 0.884. The van der Waals surface area contributed by atoms with Crippen LogP contribution >= 0.6 is 0 Å². The van der Waals surface area contributed by atoms with Crippen LogP contribution < -0.4 is 10.9 Å². The van der Waals surface area contributed by atoms with Crippen LogP contribution in [0.1, 0.15) is 35.7 Å². The molecule has 0 unspecified atom stereocenters. The van der Waals surface area contributed by atoms with Crippen LogP contribution in [-0.4, -0.2) is 31.1 Å². The smallest absolute Gasteiger partial charge is 0.261 e. The van der Waals surface area contributed by atoms with Crippen molar-refractivity contribution in [3.8, 4) is 0 Å². The largest absolute Gasteiger partial charge is 0.345 e. The molecule has 1 atom stereocenters.